The van der Waals surface area contributed by atoms with Gasteiger partial charge in [-0.05, 0) is 24.3 Å². The first-order valence-corrected chi connectivity index (χ1v) is 5.24. The lowest BCUT2D eigenvalue weighted by atomic mass is 9.96. The van der Waals surface area contributed by atoms with Crippen molar-refractivity contribution in [2.24, 2.45) is 5.92 Å². The van der Waals surface area contributed by atoms with Gasteiger partial charge in [0, 0.05) is 6.04 Å². The summed E-state index contributed by atoms with van der Waals surface area (Å²) in [5.41, 5.74) is 10.8. The molecule has 3 atom stereocenters. The largest absolute Gasteiger partial charge is 0.296 e. The minimum Gasteiger partial charge on any atom is -0.296 e. The lowest BCUT2D eigenvalue weighted by Crippen LogP contribution is -2.33. The number of nitrogens with one attached hydrogen (secondary N) is 1. The van der Waals surface area contributed by atoms with Crippen LogP contribution in [0.15, 0.2) is 30.3 Å². The van der Waals surface area contributed by atoms with Gasteiger partial charge in [0.25, 0.3) is 0 Å². The maximum absolute atomic E-state index is 9.44. The highest BCUT2D eigenvalue weighted by molar-refractivity contribution is 5.16. The van der Waals surface area contributed by atoms with E-state index in [9.17, 15) is 5.73 Å². The van der Waals surface area contributed by atoms with Crippen LogP contribution in [0.25, 0.3) is 0 Å². The molecule has 0 saturated carbocycles. The van der Waals surface area contributed by atoms with Gasteiger partial charge in [0.15, 0.2) is 0 Å². The third kappa shape index (κ3) is 2.14. The number of hydrogen-bond acceptors (Lipinski definition) is 1. The van der Waals surface area contributed by atoms with Crippen LogP contribution in [0.3, 0.4) is 0 Å². The molecule has 1 aromatic rings. The van der Waals surface area contributed by atoms with E-state index in [4.69, 9.17) is 0 Å². The first kappa shape index (κ1) is 9.69. The Hall–Kier alpha value is -0.860. The molecule has 14 heavy (non-hydrogen) atoms. The maximum Gasteiger partial charge on any atom is 0.0931 e. The van der Waals surface area contributed by atoms with Crippen LogP contribution >= 0.6 is 0 Å². The molecule has 1 fully saturated rings. The van der Waals surface area contributed by atoms with E-state index in [1.54, 1.807) is 0 Å². The monoisotopic (exact) mass is 188 g/mol. The molecule has 0 aromatic heterocycles. The SMILES string of the molecule is C[C@@H]1C[C@@H]([N])NC1Cc1ccccc1. The lowest BCUT2D eigenvalue weighted by Gasteiger charge is -2.15. The smallest absolute Gasteiger partial charge is 0.0931 e. The molecular weight excluding hydrogens is 172 g/mol. The van der Waals surface area contributed by atoms with Crippen LogP contribution in [-0.2, 0) is 6.42 Å². The molecule has 2 rings (SSSR count). The standard InChI is InChI=1S/C12H16N2/c1-9-7-12(13)14-11(9)8-10-5-3-2-4-6-10/h2-6,9,11-12,14H,7-8H2,1H3/t9-,11?,12+/m1/s1. The summed E-state index contributed by atoms with van der Waals surface area (Å²) in [6, 6.07) is 10.9. The van der Waals surface area contributed by atoms with Gasteiger partial charge in [-0.1, -0.05) is 37.3 Å². The summed E-state index contributed by atoms with van der Waals surface area (Å²) in [4.78, 5) is 0. The van der Waals surface area contributed by atoms with Gasteiger partial charge in [-0.3, -0.25) is 5.32 Å². The van der Waals surface area contributed by atoms with E-state index in [1.807, 2.05) is 6.07 Å². The zero-order valence-corrected chi connectivity index (χ0v) is 8.48. The molecule has 1 unspecified atom stereocenters. The van der Waals surface area contributed by atoms with E-state index in [0.717, 1.165) is 12.8 Å². The summed E-state index contributed by atoms with van der Waals surface area (Å²) in [5.74, 6) is 0.560. The molecule has 2 nitrogen and oxygen atoms in total. The molecule has 1 heterocycles. The molecule has 0 spiro atoms. The topological polar surface area (TPSA) is 34.3 Å². The average molecular weight is 188 g/mol. The lowest BCUT2D eigenvalue weighted by molar-refractivity contribution is 0.476. The van der Waals surface area contributed by atoms with Crippen molar-refractivity contribution in [1.29, 1.82) is 0 Å². The van der Waals surface area contributed by atoms with Crippen LogP contribution in [0.1, 0.15) is 18.9 Å². The van der Waals surface area contributed by atoms with Gasteiger partial charge in [0.1, 0.15) is 0 Å². The predicted octanol–water partition coefficient (Wildman–Crippen LogP) is 1.62. The first-order valence-electron chi connectivity index (χ1n) is 5.24. The van der Waals surface area contributed by atoms with Crippen molar-refractivity contribution < 1.29 is 0 Å². The van der Waals surface area contributed by atoms with E-state index in [-0.39, 0.29) is 6.17 Å². The van der Waals surface area contributed by atoms with Crippen molar-refractivity contribution in [3.8, 4) is 0 Å². The Balaban J connectivity index is 1.98. The highest BCUT2D eigenvalue weighted by Gasteiger charge is 2.28. The second kappa shape index (κ2) is 4.11. The number of benzene rings is 1. The minimum atomic E-state index is -0.307. The molecular formula is C12H16N2. The zero-order chi connectivity index (χ0) is 9.97. The fourth-order valence-corrected chi connectivity index (χ4v) is 2.12. The summed E-state index contributed by atoms with van der Waals surface area (Å²) < 4.78 is 0. The first-order chi connectivity index (χ1) is 6.75. The van der Waals surface area contributed by atoms with Crippen LogP contribution in [0.2, 0.25) is 0 Å². The van der Waals surface area contributed by atoms with E-state index >= 15 is 0 Å². The normalized spacial score (nSPS) is 32.0. The summed E-state index contributed by atoms with van der Waals surface area (Å²) >= 11 is 0. The van der Waals surface area contributed by atoms with Crippen LogP contribution in [-0.4, -0.2) is 12.2 Å². The van der Waals surface area contributed by atoms with Gasteiger partial charge >= 0.3 is 0 Å². The fourth-order valence-electron chi connectivity index (χ4n) is 2.12. The molecule has 1 saturated heterocycles. The number of rotatable bonds is 2. The molecule has 1 aromatic carbocycles. The Bertz CT molecular complexity index is 284. The minimum absolute atomic E-state index is 0.307. The quantitative estimate of drug-likeness (QED) is 0.752. The van der Waals surface area contributed by atoms with Gasteiger partial charge < -0.3 is 0 Å². The van der Waals surface area contributed by atoms with Crippen molar-refractivity contribution in [1.82, 2.24) is 11.1 Å². The van der Waals surface area contributed by atoms with Crippen LogP contribution in [0, 0.1) is 5.92 Å². The van der Waals surface area contributed by atoms with E-state index < -0.39 is 0 Å². The second-order valence-corrected chi connectivity index (χ2v) is 4.19. The van der Waals surface area contributed by atoms with Crippen molar-refractivity contribution in [2.45, 2.75) is 32.0 Å². The van der Waals surface area contributed by atoms with Crippen molar-refractivity contribution in [3.63, 3.8) is 0 Å². The van der Waals surface area contributed by atoms with Crippen LogP contribution in [0.4, 0.5) is 0 Å². The number of hydrogen-bond donors (Lipinski definition) is 1. The molecule has 1 aliphatic heterocycles. The second-order valence-electron chi connectivity index (χ2n) is 4.19. The van der Waals surface area contributed by atoms with Crippen LogP contribution < -0.4 is 11.1 Å². The summed E-state index contributed by atoms with van der Waals surface area (Å²) in [6.45, 7) is 2.19. The Morgan fingerprint density at radius 1 is 1.36 bits per heavy atom. The molecule has 2 radical (unpaired) electrons. The Morgan fingerprint density at radius 3 is 2.64 bits per heavy atom. The van der Waals surface area contributed by atoms with Gasteiger partial charge in [-0.15, -0.1) is 5.73 Å². The Labute approximate surface area is 85.5 Å². The molecule has 74 valence electrons. The fraction of sp³-hybridized carbons (Fsp3) is 0.500. The molecule has 0 amide bonds. The molecule has 2 heteroatoms. The average Bonchev–Trinajstić information content (AvgIpc) is 2.47. The number of nitrogens with zero attached hydrogens (tertiary/aromatic N) is 1. The molecule has 1 N–H and O–H groups in total. The van der Waals surface area contributed by atoms with Crippen molar-refractivity contribution in [2.75, 3.05) is 0 Å². The van der Waals surface area contributed by atoms with E-state index in [2.05, 4.69) is 36.5 Å². The zero-order valence-electron chi connectivity index (χ0n) is 8.48. The molecule has 1 aliphatic rings. The van der Waals surface area contributed by atoms with Crippen molar-refractivity contribution in [3.05, 3.63) is 35.9 Å². The molecule has 0 aliphatic carbocycles. The maximum atomic E-state index is 9.44. The summed E-state index contributed by atoms with van der Waals surface area (Å²) in [6.07, 6.45) is 1.58. The third-order valence-corrected chi connectivity index (χ3v) is 2.99. The van der Waals surface area contributed by atoms with Gasteiger partial charge in [0.2, 0.25) is 0 Å². The van der Waals surface area contributed by atoms with Crippen LogP contribution in [0.5, 0.6) is 0 Å². The third-order valence-electron chi connectivity index (χ3n) is 2.99. The Morgan fingerprint density at radius 2 is 2.07 bits per heavy atom. The van der Waals surface area contributed by atoms with Gasteiger partial charge in [-0.2, -0.15) is 0 Å². The highest BCUT2D eigenvalue weighted by Crippen LogP contribution is 2.21. The summed E-state index contributed by atoms with van der Waals surface area (Å²) in [7, 11) is 0. The Kier molecular flexibility index (Phi) is 2.85. The van der Waals surface area contributed by atoms with E-state index in [0.29, 0.717) is 12.0 Å². The predicted molar refractivity (Wildman–Crippen MR) is 56.8 cm³/mol. The summed E-state index contributed by atoms with van der Waals surface area (Å²) in [5, 5.41) is 3.21. The van der Waals surface area contributed by atoms with E-state index in [1.165, 1.54) is 5.56 Å². The van der Waals surface area contributed by atoms with Gasteiger partial charge in [-0.25, -0.2) is 0 Å². The highest BCUT2D eigenvalue weighted by atomic mass is 15.1. The van der Waals surface area contributed by atoms with Gasteiger partial charge in [0.05, 0.1) is 6.17 Å². The molecule has 0 bridgehead atoms. The van der Waals surface area contributed by atoms with Crippen molar-refractivity contribution >= 4 is 0 Å².